The summed E-state index contributed by atoms with van der Waals surface area (Å²) in [6.07, 6.45) is 2.01. The molecule has 0 amide bonds. The second kappa shape index (κ2) is 12.9. The molecule has 1 aliphatic rings. The minimum absolute atomic E-state index is 0.0990. The van der Waals surface area contributed by atoms with Crippen LogP contribution in [0.1, 0.15) is 24.8 Å². The van der Waals surface area contributed by atoms with Gasteiger partial charge in [-0.05, 0) is 36.8 Å². The third kappa shape index (κ3) is 6.81. The number of nitriles is 1. The van der Waals surface area contributed by atoms with Crippen molar-refractivity contribution in [2.75, 3.05) is 45.8 Å². The van der Waals surface area contributed by atoms with Gasteiger partial charge in [0.25, 0.3) is 5.92 Å². The van der Waals surface area contributed by atoms with E-state index >= 15 is 0 Å². The molecule has 218 valence electrons. The molecule has 0 aliphatic carbocycles. The van der Waals surface area contributed by atoms with E-state index in [4.69, 9.17) is 18.9 Å². The number of rotatable bonds is 11. The first kappa shape index (κ1) is 28.9. The monoisotopic (exact) mass is 574 g/mol. The normalized spacial score (nSPS) is 14.6. The number of hydrogen-bond donors (Lipinski definition) is 1. The largest absolute Gasteiger partial charge is 0.493 e. The number of para-hydroxylation sites is 2. The zero-order valence-electron chi connectivity index (χ0n) is 23.5. The zero-order valence-corrected chi connectivity index (χ0v) is 23.5. The standard InChI is InChI=1S/C32H32F2N4O4/c1-39-27-9-3-4-10-28(27)42-24-8-5-7-23(17-24)37-31-22(20-35)21-36-26-19-30(29(40-2)18-25(26)31)41-16-6-13-38-14-11-32(33,34)12-15-38/h3-5,7-10,17-19,21H,6,11-16H2,1-2H3,(H,36,37). The Morgan fingerprint density at radius 1 is 0.952 bits per heavy atom. The Bertz CT molecular complexity index is 1580. The number of methoxy groups -OCH3 is 2. The van der Waals surface area contributed by atoms with Crippen LogP contribution in [0, 0.1) is 11.3 Å². The van der Waals surface area contributed by atoms with Crippen molar-refractivity contribution in [3.8, 4) is 34.8 Å². The van der Waals surface area contributed by atoms with Crippen LogP contribution in [0.15, 0.2) is 66.9 Å². The molecule has 5 rings (SSSR count). The molecule has 0 unspecified atom stereocenters. The summed E-state index contributed by atoms with van der Waals surface area (Å²) in [5, 5.41) is 13.9. The van der Waals surface area contributed by atoms with Gasteiger partial charge in [0.2, 0.25) is 0 Å². The fourth-order valence-corrected chi connectivity index (χ4v) is 4.88. The van der Waals surface area contributed by atoms with Crippen LogP contribution in [0.25, 0.3) is 10.9 Å². The summed E-state index contributed by atoms with van der Waals surface area (Å²) in [7, 11) is 3.14. The van der Waals surface area contributed by atoms with Gasteiger partial charge in [-0.3, -0.25) is 4.98 Å². The second-order valence-corrected chi connectivity index (χ2v) is 9.98. The Kier molecular flexibility index (Phi) is 8.88. The number of anilines is 2. The predicted molar refractivity (Wildman–Crippen MR) is 157 cm³/mol. The lowest BCUT2D eigenvalue weighted by atomic mass is 10.1. The Labute approximate surface area is 243 Å². The number of nitrogens with zero attached hydrogens (tertiary/aromatic N) is 3. The topological polar surface area (TPSA) is 88.9 Å². The highest BCUT2D eigenvalue weighted by Gasteiger charge is 2.33. The number of alkyl halides is 2. The van der Waals surface area contributed by atoms with Crippen molar-refractivity contribution in [1.29, 1.82) is 5.26 Å². The average Bonchev–Trinajstić information content (AvgIpc) is 3.00. The van der Waals surface area contributed by atoms with Crippen LogP contribution in [0.4, 0.5) is 20.2 Å². The van der Waals surface area contributed by atoms with Gasteiger partial charge in [0.15, 0.2) is 23.0 Å². The molecule has 1 fully saturated rings. The highest BCUT2D eigenvalue weighted by molar-refractivity contribution is 5.97. The molecule has 0 spiro atoms. The van der Waals surface area contributed by atoms with Gasteiger partial charge in [0.05, 0.1) is 37.6 Å². The minimum atomic E-state index is -2.55. The molecular formula is C32H32F2N4O4. The number of benzene rings is 3. The number of hydrogen-bond acceptors (Lipinski definition) is 8. The summed E-state index contributed by atoms with van der Waals surface area (Å²) in [4.78, 5) is 6.52. The first-order valence-electron chi connectivity index (χ1n) is 13.7. The third-order valence-corrected chi connectivity index (χ3v) is 7.14. The van der Waals surface area contributed by atoms with E-state index in [1.54, 1.807) is 26.4 Å². The van der Waals surface area contributed by atoms with Gasteiger partial charge in [0, 0.05) is 61.9 Å². The predicted octanol–water partition coefficient (Wildman–Crippen LogP) is 7.16. The van der Waals surface area contributed by atoms with Crippen LogP contribution >= 0.6 is 0 Å². The molecule has 1 aromatic heterocycles. The molecular weight excluding hydrogens is 542 g/mol. The molecule has 3 aromatic carbocycles. The Morgan fingerprint density at radius 2 is 1.71 bits per heavy atom. The quantitative estimate of drug-likeness (QED) is 0.189. The van der Waals surface area contributed by atoms with Crippen molar-refractivity contribution >= 4 is 22.3 Å². The molecule has 1 N–H and O–H groups in total. The summed E-state index contributed by atoms with van der Waals surface area (Å²) in [5.41, 5.74) is 2.26. The maximum atomic E-state index is 13.4. The van der Waals surface area contributed by atoms with Crippen LogP contribution < -0.4 is 24.3 Å². The molecule has 0 saturated carbocycles. The van der Waals surface area contributed by atoms with E-state index in [1.807, 2.05) is 53.4 Å². The molecule has 0 radical (unpaired) electrons. The van der Waals surface area contributed by atoms with E-state index in [9.17, 15) is 14.0 Å². The number of halogens is 2. The number of aromatic nitrogens is 1. The lowest BCUT2D eigenvalue weighted by Crippen LogP contribution is -2.40. The van der Waals surface area contributed by atoms with Gasteiger partial charge >= 0.3 is 0 Å². The number of fused-ring (bicyclic) bond motifs is 1. The van der Waals surface area contributed by atoms with E-state index < -0.39 is 5.92 Å². The first-order chi connectivity index (χ1) is 20.4. The van der Waals surface area contributed by atoms with E-state index in [-0.39, 0.29) is 12.8 Å². The maximum absolute atomic E-state index is 13.4. The lowest BCUT2D eigenvalue weighted by molar-refractivity contribution is -0.0554. The van der Waals surface area contributed by atoms with Gasteiger partial charge in [-0.25, -0.2) is 8.78 Å². The van der Waals surface area contributed by atoms with Crippen molar-refractivity contribution < 1.29 is 27.7 Å². The van der Waals surface area contributed by atoms with Crippen LogP contribution in [0.5, 0.6) is 28.7 Å². The van der Waals surface area contributed by atoms with Crippen LogP contribution in [0.3, 0.4) is 0 Å². The van der Waals surface area contributed by atoms with Gasteiger partial charge in [-0.15, -0.1) is 0 Å². The van der Waals surface area contributed by atoms with Gasteiger partial charge in [-0.1, -0.05) is 18.2 Å². The maximum Gasteiger partial charge on any atom is 0.250 e. The highest BCUT2D eigenvalue weighted by Crippen LogP contribution is 2.38. The molecule has 0 atom stereocenters. The Hall–Kier alpha value is -4.62. The lowest BCUT2D eigenvalue weighted by Gasteiger charge is -2.31. The Balaban J connectivity index is 1.33. The molecule has 42 heavy (non-hydrogen) atoms. The summed E-state index contributed by atoms with van der Waals surface area (Å²) < 4.78 is 49.9. The fourth-order valence-electron chi connectivity index (χ4n) is 4.88. The fraction of sp³-hybridized carbons (Fsp3) is 0.312. The number of pyridine rings is 1. The molecule has 0 bridgehead atoms. The average molecular weight is 575 g/mol. The number of piperidine rings is 1. The molecule has 4 aromatic rings. The number of nitrogens with one attached hydrogen (secondary N) is 1. The Morgan fingerprint density at radius 3 is 2.45 bits per heavy atom. The summed E-state index contributed by atoms with van der Waals surface area (Å²) in [5.74, 6) is 0.250. The van der Waals surface area contributed by atoms with E-state index in [2.05, 4.69) is 16.4 Å². The van der Waals surface area contributed by atoms with Crippen molar-refractivity contribution in [2.45, 2.75) is 25.2 Å². The first-order valence-corrected chi connectivity index (χ1v) is 13.7. The van der Waals surface area contributed by atoms with E-state index in [0.717, 1.165) is 0 Å². The summed E-state index contributed by atoms with van der Waals surface area (Å²) in [6, 6.07) is 20.6. The van der Waals surface area contributed by atoms with Gasteiger partial charge in [0.1, 0.15) is 11.8 Å². The molecule has 1 aliphatic heterocycles. The summed E-state index contributed by atoms with van der Waals surface area (Å²) in [6.45, 7) is 1.87. The van der Waals surface area contributed by atoms with Crippen LogP contribution in [0.2, 0.25) is 0 Å². The minimum Gasteiger partial charge on any atom is -0.493 e. The summed E-state index contributed by atoms with van der Waals surface area (Å²) >= 11 is 0. The molecule has 1 saturated heterocycles. The molecule has 2 heterocycles. The molecule has 10 heteroatoms. The second-order valence-electron chi connectivity index (χ2n) is 9.98. The van der Waals surface area contributed by atoms with Crippen molar-refractivity contribution in [1.82, 2.24) is 9.88 Å². The van der Waals surface area contributed by atoms with E-state index in [0.29, 0.717) is 89.3 Å². The number of ether oxygens (including phenoxy) is 4. The van der Waals surface area contributed by atoms with Gasteiger partial charge < -0.3 is 29.2 Å². The van der Waals surface area contributed by atoms with Crippen LogP contribution in [-0.2, 0) is 0 Å². The van der Waals surface area contributed by atoms with Crippen LogP contribution in [-0.4, -0.2) is 56.3 Å². The SMILES string of the molecule is COc1cc2c(Nc3cccc(Oc4ccccc4OC)c3)c(C#N)cnc2cc1OCCCN1CCC(F)(F)CC1. The van der Waals surface area contributed by atoms with Gasteiger partial charge in [-0.2, -0.15) is 5.26 Å². The number of likely N-dealkylation sites (tertiary alicyclic amines) is 1. The smallest absolute Gasteiger partial charge is 0.250 e. The van der Waals surface area contributed by atoms with E-state index in [1.165, 1.54) is 6.20 Å². The van der Waals surface area contributed by atoms with Crippen molar-refractivity contribution in [3.63, 3.8) is 0 Å². The van der Waals surface area contributed by atoms with Crippen molar-refractivity contribution in [3.05, 3.63) is 72.4 Å². The zero-order chi connectivity index (χ0) is 29.5. The highest BCUT2D eigenvalue weighted by atomic mass is 19.3. The third-order valence-electron chi connectivity index (χ3n) is 7.14. The van der Waals surface area contributed by atoms with Crippen molar-refractivity contribution in [2.24, 2.45) is 0 Å². The molecule has 8 nitrogen and oxygen atoms in total.